The first-order chi connectivity index (χ1) is 8.48. The molecule has 2 heteroatoms. The van der Waals surface area contributed by atoms with Gasteiger partial charge in [0.25, 0.3) is 0 Å². The Kier molecular flexibility index (Phi) is 4.71. The summed E-state index contributed by atoms with van der Waals surface area (Å²) < 4.78 is 0. The third-order valence-electron chi connectivity index (χ3n) is 5.34. The van der Waals surface area contributed by atoms with E-state index in [-0.39, 0.29) is 0 Å². The van der Waals surface area contributed by atoms with E-state index in [0.717, 1.165) is 18.0 Å². The summed E-state index contributed by atoms with van der Waals surface area (Å²) in [5.74, 6) is 0.937. The van der Waals surface area contributed by atoms with Crippen LogP contribution < -0.4 is 5.32 Å². The maximum absolute atomic E-state index is 3.55. The zero-order valence-corrected chi connectivity index (χ0v) is 12.8. The number of nitrogens with zero attached hydrogens (tertiary/aromatic N) is 1. The van der Waals surface area contributed by atoms with Crippen molar-refractivity contribution < 1.29 is 0 Å². The second kappa shape index (κ2) is 5.92. The van der Waals surface area contributed by atoms with Gasteiger partial charge in [-0.2, -0.15) is 0 Å². The molecule has 2 aliphatic rings. The number of nitrogens with one attached hydrogen (secondary N) is 1. The van der Waals surface area contributed by atoms with E-state index in [1.165, 1.54) is 51.6 Å². The number of rotatable bonds is 2. The Hall–Kier alpha value is -0.0800. The zero-order chi connectivity index (χ0) is 13.2. The normalized spacial score (nSPS) is 34.8. The van der Waals surface area contributed by atoms with Crippen LogP contribution in [0.3, 0.4) is 0 Å². The highest BCUT2D eigenvalue weighted by molar-refractivity contribution is 4.87. The molecule has 106 valence electrons. The predicted octanol–water partition coefficient (Wildman–Crippen LogP) is 3.28. The van der Waals surface area contributed by atoms with Crippen molar-refractivity contribution in [3.05, 3.63) is 0 Å². The molecule has 1 unspecified atom stereocenters. The highest BCUT2D eigenvalue weighted by Gasteiger charge is 2.32. The fraction of sp³-hybridized carbons (Fsp3) is 1.00. The number of hydrogen-bond acceptors (Lipinski definition) is 2. The average molecular weight is 252 g/mol. The first kappa shape index (κ1) is 14.3. The van der Waals surface area contributed by atoms with E-state index in [1.807, 2.05) is 0 Å². The molecule has 1 atom stereocenters. The minimum absolute atomic E-state index is 0.510. The monoisotopic (exact) mass is 252 g/mol. The summed E-state index contributed by atoms with van der Waals surface area (Å²) in [6, 6.07) is 1.63. The molecule has 0 aromatic rings. The van der Waals surface area contributed by atoms with Crippen molar-refractivity contribution in [2.75, 3.05) is 20.1 Å². The van der Waals surface area contributed by atoms with E-state index in [0.29, 0.717) is 5.41 Å². The van der Waals surface area contributed by atoms with Gasteiger partial charge >= 0.3 is 0 Å². The molecule has 1 saturated heterocycles. The van der Waals surface area contributed by atoms with Crippen molar-refractivity contribution in [3.63, 3.8) is 0 Å². The summed E-state index contributed by atoms with van der Waals surface area (Å²) in [7, 11) is 2.36. The Morgan fingerprint density at radius 3 is 2.11 bits per heavy atom. The van der Waals surface area contributed by atoms with Crippen molar-refractivity contribution >= 4 is 0 Å². The van der Waals surface area contributed by atoms with Crippen LogP contribution in [-0.2, 0) is 0 Å². The van der Waals surface area contributed by atoms with Gasteiger partial charge in [-0.15, -0.1) is 0 Å². The van der Waals surface area contributed by atoms with Crippen molar-refractivity contribution in [1.29, 1.82) is 0 Å². The molecule has 18 heavy (non-hydrogen) atoms. The summed E-state index contributed by atoms with van der Waals surface area (Å²) in [5.41, 5.74) is 0.510. The van der Waals surface area contributed by atoms with Crippen molar-refractivity contribution in [2.45, 2.75) is 71.4 Å². The molecule has 0 spiro atoms. The smallest absolute Gasteiger partial charge is 0.0220 e. The first-order valence-electron chi connectivity index (χ1n) is 7.91. The minimum atomic E-state index is 0.510. The highest BCUT2D eigenvalue weighted by atomic mass is 15.2. The molecule has 2 fully saturated rings. The Balaban J connectivity index is 1.81. The van der Waals surface area contributed by atoms with Crippen molar-refractivity contribution in [1.82, 2.24) is 10.2 Å². The molecule has 1 aliphatic heterocycles. The van der Waals surface area contributed by atoms with E-state index in [1.54, 1.807) is 0 Å². The standard InChI is InChI=1S/C16H32N2/c1-16(2,3)13-7-9-14(10-8-13)18(4)15-6-5-11-17-12-15/h13-15,17H,5-12H2,1-4H3. The van der Waals surface area contributed by atoms with E-state index >= 15 is 0 Å². The van der Waals surface area contributed by atoms with Crippen LogP contribution in [0.2, 0.25) is 0 Å². The van der Waals surface area contributed by atoms with Crippen LogP contribution in [-0.4, -0.2) is 37.1 Å². The van der Waals surface area contributed by atoms with Gasteiger partial charge in [0.05, 0.1) is 0 Å². The molecule has 1 saturated carbocycles. The molecule has 2 rings (SSSR count). The number of hydrogen-bond donors (Lipinski definition) is 1. The van der Waals surface area contributed by atoms with Crippen LogP contribution in [0.5, 0.6) is 0 Å². The van der Waals surface area contributed by atoms with Crippen LogP contribution in [0.15, 0.2) is 0 Å². The molecule has 1 N–H and O–H groups in total. The molecule has 0 amide bonds. The lowest BCUT2D eigenvalue weighted by Crippen LogP contribution is -2.49. The van der Waals surface area contributed by atoms with Gasteiger partial charge in [0.2, 0.25) is 0 Å². The summed E-state index contributed by atoms with van der Waals surface area (Å²) in [4.78, 5) is 2.69. The highest BCUT2D eigenvalue weighted by Crippen LogP contribution is 2.39. The van der Waals surface area contributed by atoms with Gasteiger partial charge in [-0.05, 0) is 63.5 Å². The van der Waals surface area contributed by atoms with Gasteiger partial charge in [-0.1, -0.05) is 20.8 Å². The van der Waals surface area contributed by atoms with Crippen LogP contribution >= 0.6 is 0 Å². The summed E-state index contributed by atoms with van der Waals surface area (Å²) >= 11 is 0. The quantitative estimate of drug-likeness (QED) is 0.811. The van der Waals surface area contributed by atoms with Gasteiger partial charge in [-0.25, -0.2) is 0 Å². The summed E-state index contributed by atoms with van der Waals surface area (Å²) in [6.45, 7) is 9.66. The third kappa shape index (κ3) is 3.48. The van der Waals surface area contributed by atoms with E-state index in [2.05, 4.69) is 38.0 Å². The molecule has 0 aromatic heterocycles. The van der Waals surface area contributed by atoms with Crippen molar-refractivity contribution in [2.24, 2.45) is 11.3 Å². The Morgan fingerprint density at radius 1 is 0.944 bits per heavy atom. The zero-order valence-electron chi connectivity index (χ0n) is 12.8. The van der Waals surface area contributed by atoms with E-state index in [4.69, 9.17) is 0 Å². The first-order valence-corrected chi connectivity index (χ1v) is 7.91. The molecular formula is C16H32N2. The maximum Gasteiger partial charge on any atom is 0.0220 e. The summed E-state index contributed by atoms with van der Waals surface area (Å²) in [5, 5.41) is 3.55. The number of piperidine rings is 1. The average Bonchev–Trinajstić information content (AvgIpc) is 2.38. The fourth-order valence-corrected chi connectivity index (χ4v) is 3.83. The van der Waals surface area contributed by atoms with Crippen LogP contribution in [0.4, 0.5) is 0 Å². The minimum Gasteiger partial charge on any atom is -0.315 e. The SMILES string of the molecule is CN(C1CCC(C(C)(C)C)CC1)C1CCCNC1. The van der Waals surface area contributed by atoms with Crippen LogP contribution in [0, 0.1) is 11.3 Å². The van der Waals surface area contributed by atoms with Crippen LogP contribution in [0.1, 0.15) is 59.3 Å². The second-order valence-corrected chi connectivity index (χ2v) is 7.54. The molecule has 1 aliphatic carbocycles. The van der Waals surface area contributed by atoms with Gasteiger partial charge in [0.15, 0.2) is 0 Å². The largest absolute Gasteiger partial charge is 0.315 e. The fourth-order valence-electron chi connectivity index (χ4n) is 3.83. The van der Waals surface area contributed by atoms with Gasteiger partial charge in [0, 0.05) is 18.6 Å². The Labute approximate surface area is 114 Å². The maximum atomic E-state index is 3.55. The Morgan fingerprint density at radius 2 is 1.61 bits per heavy atom. The molecule has 0 bridgehead atoms. The van der Waals surface area contributed by atoms with E-state index < -0.39 is 0 Å². The molecule has 0 aromatic carbocycles. The molecule has 2 nitrogen and oxygen atoms in total. The van der Waals surface area contributed by atoms with E-state index in [9.17, 15) is 0 Å². The lowest BCUT2D eigenvalue weighted by molar-refractivity contribution is 0.0768. The topological polar surface area (TPSA) is 15.3 Å². The third-order valence-corrected chi connectivity index (χ3v) is 5.34. The summed E-state index contributed by atoms with van der Waals surface area (Å²) in [6.07, 6.45) is 8.43. The van der Waals surface area contributed by atoms with Gasteiger partial charge in [0.1, 0.15) is 0 Å². The van der Waals surface area contributed by atoms with Crippen molar-refractivity contribution in [3.8, 4) is 0 Å². The predicted molar refractivity (Wildman–Crippen MR) is 78.9 cm³/mol. The van der Waals surface area contributed by atoms with Gasteiger partial charge < -0.3 is 5.32 Å². The lowest BCUT2D eigenvalue weighted by Gasteiger charge is -2.43. The van der Waals surface area contributed by atoms with Gasteiger partial charge in [-0.3, -0.25) is 4.90 Å². The lowest BCUT2D eigenvalue weighted by atomic mass is 9.71. The molecular weight excluding hydrogens is 220 g/mol. The van der Waals surface area contributed by atoms with Crippen LogP contribution in [0.25, 0.3) is 0 Å². The molecule has 1 heterocycles. The number of likely N-dealkylation sites (N-methyl/N-ethyl adjacent to an activating group) is 1. The molecule has 0 radical (unpaired) electrons. The second-order valence-electron chi connectivity index (χ2n) is 7.54. The Bertz CT molecular complexity index is 242.